The fourth-order valence-corrected chi connectivity index (χ4v) is 3.13. The van der Waals surface area contributed by atoms with Gasteiger partial charge < -0.3 is 15.2 Å². The topological polar surface area (TPSA) is 95.9 Å². The number of ether oxygens (including phenoxy) is 1. The van der Waals surface area contributed by atoms with Gasteiger partial charge in [0.2, 0.25) is 0 Å². The molecule has 0 fully saturated rings. The number of carboxylic acid groups (broad SMARTS) is 1. The molecule has 2 aromatic rings. The highest BCUT2D eigenvalue weighted by Crippen LogP contribution is 2.10. The maximum atomic E-state index is 12.9. The van der Waals surface area contributed by atoms with Crippen molar-refractivity contribution in [2.24, 2.45) is 5.92 Å². The Balaban J connectivity index is 2.03. The summed E-state index contributed by atoms with van der Waals surface area (Å²) in [4.78, 5) is 37.9. The molecule has 0 spiro atoms. The molecule has 0 aliphatic heterocycles. The number of rotatable bonds is 12. The van der Waals surface area contributed by atoms with E-state index in [4.69, 9.17) is 4.74 Å². The fourth-order valence-electron chi connectivity index (χ4n) is 3.13. The molecule has 32 heavy (non-hydrogen) atoms. The predicted molar refractivity (Wildman–Crippen MR) is 122 cm³/mol. The molecule has 7 nitrogen and oxygen atoms in total. The largest absolute Gasteiger partial charge is 0.465 e. The molecule has 2 aromatic carbocycles. The number of benzene rings is 2. The standard InChI is InChI=1S/C25H32N2O5/c1-3-19(2)16-27(25(30)31)24(29)26-22(15-14-20-10-6-4-7-11-20)23(28)18-32-17-21-12-8-5-9-13-21/h4-13,19,22H,3,14-18H2,1-2H3,(H,26,29)(H,30,31)/t19?,22-/m0/s1. The number of carbonyl (C=O) groups is 3. The van der Waals surface area contributed by atoms with Crippen LogP contribution in [-0.2, 0) is 22.6 Å². The zero-order chi connectivity index (χ0) is 23.3. The number of carbonyl (C=O) groups excluding carboxylic acids is 2. The van der Waals surface area contributed by atoms with Crippen molar-refractivity contribution >= 4 is 17.9 Å². The highest BCUT2D eigenvalue weighted by Gasteiger charge is 2.27. The summed E-state index contributed by atoms with van der Waals surface area (Å²) in [6, 6.07) is 17.5. The van der Waals surface area contributed by atoms with E-state index in [1.165, 1.54) is 0 Å². The first kappa shape index (κ1) is 25.1. The molecule has 0 bridgehead atoms. The molecule has 0 aliphatic rings. The number of nitrogens with zero attached hydrogens (tertiary/aromatic N) is 1. The lowest BCUT2D eigenvalue weighted by Crippen LogP contribution is -2.51. The molecule has 2 N–H and O–H groups in total. The Morgan fingerprint density at radius 2 is 1.59 bits per heavy atom. The Hall–Kier alpha value is -3.19. The molecule has 3 amide bonds. The first-order chi connectivity index (χ1) is 15.4. The van der Waals surface area contributed by atoms with Gasteiger partial charge in [0, 0.05) is 6.54 Å². The first-order valence-corrected chi connectivity index (χ1v) is 10.9. The van der Waals surface area contributed by atoms with E-state index in [-0.39, 0.29) is 31.5 Å². The SMILES string of the molecule is CCC(C)CN(C(=O)O)C(=O)N[C@@H](CCc1ccccc1)C(=O)COCc1ccccc1. The van der Waals surface area contributed by atoms with Crippen molar-refractivity contribution in [3.63, 3.8) is 0 Å². The molecule has 0 radical (unpaired) electrons. The molecule has 0 aliphatic carbocycles. The normalized spacial score (nSPS) is 12.6. The number of nitrogens with one attached hydrogen (secondary N) is 1. The van der Waals surface area contributed by atoms with E-state index < -0.39 is 18.2 Å². The Morgan fingerprint density at radius 1 is 1.00 bits per heavy atom. The number of amides is 3. The van der Waals surface area contributed by atoms with Crippen LogP contribution in [0.1, 0.15) is 37.8 Å². The second kappa shape index (κ2) is 13.3. The van der Waals surface area contributed by atoms with Crippen molar-refractivity contribution in [1.29, 1.82) is 0 Å². The van der Waals surface area contributed by atoms with Crippen LogP contribution in [0.25, 0.3) is 0 Å². The third-order valence-electron chi connectivity index (χ3n) is 5.27. The van der Waals surface area contributed by atoms with E-state index in [0.29, 0.717) is 12.8 Å². The Bertz CT molecular complexity index is 857. The van der Waals surface area contributed by atoms with Crippen LogP contribution in [0.15, 0.2) is 60.7 Å². The number of hydrogen-bond donors (Lipinski definition) is 2. The second-order valence-electron chi connectivity index (χ2n) is 7.88. The number of ketones is 1. The molecule has 0 heterocycles. The molecular weight excluding hydrogens is 408 g/mol. The van der Waals surface area contributed by atoms with Crippen LogP contribution in [0.3, 0.4) is 0 Å². The van der Waals surface area contributed by atoms with Crippen molar-refractivity contribution in [2.45, 2.75) is 45.8 Å². The van der Waals surface area contributed by atoms with Crippen LogP contribution < -0.4 is 5.32 Å². The van der Waals surface area contributed by atoms with Crippen LogP contribution in [0.2, 0.25) is 0 Å². The summed E-state index contributed by atoms with van der Waals surface area (Å²) in [5.41, 5.74) is 1.97. The maximum Gasteiger partial charge on any atom is 0.415 e. The van der Waals surface area contributed by atoms with Crippen LogP contribution in [0, 0.1) is 5.92 Å². The van der Waals surface area contributed by atoms with Gasteiger partial charge in [-0.05, 0) is 29.9 Å². The van der Waals surface area contributed by atoms with Gasteiger partial charge in [0.15, 0.2) is 5.78 Å². The average molecular weight is 441 g/mol. The number of hydrogen-bond acceptors (Lipinski definition) is 4. The molecule has 0 saturated carbocycles. The lowest BCUT2D eigenvalue weighted by molar-refractivity contribution is -0.126. The van der Waals surface area contributed by atoms with E-state index >= 15 is 0 Å². The maximum absolute atomic E-state index is 12.9. The highest BCUT2D eigenvalue weighted by atomic mass is 16.5. The zero-order valence-electron chi connectivity index (χ0n) is 18.7. The highest BCUT2D eigenvalue weighted by molar-refractivity contribution is 5.94. The van der Waals surface area contributed by atoms with Crippen LogP contribution in [0.5, 0.6) is 0 Å². The van der Waals surface area contributed by atoms with Gasteiger partial charge in [0.25, 0.3) is 0 Å². The fraction of sp³-hybridized carbons (Fsp3) is 0.400. The van der Waals surface area contributed by atoms with Crippen molar-refractivity contribution in [1.82, 2.24) is 10.2 Å². The van der Waals surface area contributed by atoms with Gasteiger partial charge in [-0.15, -0.1) is 0 Å². The second-order valence-corrected chi connectivity index (χ2v) is 7.88. The molecule has 7 heteroatoms. The minimum Gasteiger partial charge on any atom is -0.465 e. The summed E-state index contributed by atoms with van der Waals surface area (Å²) in [5, 5.41) is 12.1. The monoisotopic (exact) mass is 440 g/mol. The van der Waals surface area contributed by atoms with Gasteiger partial charge in [0.1, 0.15) is 6.61 Å². The number of urea groups is 1. The van der Waals surface area contributed by atoms with Crippen LogP contribution in [0.4, 0.5) is 9.59 Å². The smallest absolute Gasteiger partial charge is 0.415 e. The Morgan fingerprint density at radius 3 is 2.16 bits per heavy atom. The minimum absolute atomic E-state index is 0.0181. The van der Waals surface area contributed by atoms with Crippen molar-refractivity contribution < 1.29 is 24.2 Å². The number of imide groups is 1. The summed E-state index contributed by atoms with van der Waals surface area (Å²) in [6.07, 6.45) is 0.313. The van der Waals surface area contributed by atoms with Crippen LogP contribution in [-0.4, -0.2) is 47.1 Å². The number of Topliss-reactive ketones (excluding diaryl/α,β-unsaturated/α-hetero) is 1. The summed E-state index contributed by atoms with van der Waals surface area (Å²) in [5.74, 6) is -0.274. The molecule has 2 rings (SSSR count). The zero-order valence-corrected chi connectivity index (χ0v) is 18.7. The van der Waals surface area contributed by atoms with Gasteiger partial charge in [-0.1, -0.05) is 80.9 Å². The summed E-state index contributed by atoms with van der Waals surface area (Å²) < 4.78 is 5.56. The van der Waals surface area contributed by atoms with E-state index in [1.54, 1.807) is 0 Å². The lowest BCUT2D eigenvalue weighted by Gasteiger charge is -2.24. The molecule has 172 valence electrons. The third-order valence-corrected chi connectivity index (χ3v) is 5.27. The van der Waals surface area contributed by atoms with Gasteiger partial charge in [-0.2, -0.15) is 0 Å². The van der Waals surface area contributed by atoms with Crippen molar-refractivity contribution in [2.75, 3.05) is 13.2 Å². The van der Waals surface area contributed by atoms with Gasteiger partial charge in [-0.3, -0.25) is 4.79 Å². The number of aryl methyl sites for hydroxylation is 1. The summed E-state index contributed by atoms with van der Waals surface area (Å²) in [7, 11) is 0. The Kier molecular flexibility index (Phi) is 10.4. The summed E-state index contributed by atoms with van der Waals surface area (Å²) in [6.45, 7) is 3.98. The van der Waals surface area contributed by atoms with Crippen LogP contribution >= 0.6 is 0 Å². The molecular formula is C25H32N2O5. The molecule has 0 aromatic heterocycles. The average Bonchev–Trinajstić information content (AvgIpc) is 2.80. The van der Waals surface area contributed by atoms with Gasteiger partial charge >= 0.3 is 12.1 Å². The molecule has 2 atom stereocenters. The van der Waals surface area contributed by atoms with Crippen molar-refractivity contribution in [3.8, 4) is 0 Å². The van der Waals surface area contributed by atoms with Gasteiger partial charge in [0.05, 0.1) is 12.6 Å². The summed E-state index contributed by atoms with van der Waals surface area (Å²) >= 11 is 0. The minimum atomic E-state index is -1.34. The van der Waals surface area contributed by atoms with Crippen molar-refractivity contribution in [3.05, 3.63) is 71.8 Å². The Labute approximate surface area is 189 Å². The molecule has 1 unspecified atom stereocenters. The lowest BCUT2D eigenvalue weighted by atomic mass is 10.0. The van der Waals surface area contributed by atoms with Gasteiger partial charge in [-0.25, -0.2) is 14.5 Å². The van der Waals surface area contributed by atoms with E-state index in [9.17, 15) is 19.5 Å². The van der Waals surface area contributed by atoms with E-state index in [2.05, 4.69) is 5.32 Å². The third kappa shape index (κ3) is 8.51. The molecule has 0 saturated heterocycles. The quantitative estimate of drug-likeness (QED) is 0.506. The predicted octanol–water partition coefficient (Wildman–Crippen LogP) is 4.51. The van der Waals surface area contributed by atoms with E-state index in [1.807, 2.05) is 74.5 Å². The van der Waals surface area contributed by atoms with E-state index in [0.717, 1.165) is 22.4 Å². The first-order valence-electron chi connectivity index (χ1n) is 10.9.